The largest absolute Gasteiger partial charge is 0.386 e. The Hall–Kier alpha value is -1.73. The van der Waals surface area contributed by atoms with Crippen LogP contribution in [0.2, 0.25) is 0 Å². The van der Waals surface area contributed by atoms with Crippen molar-refractivity contribution in [3.63, 3.8) is 0 Å². The predicted octanol–water partition coefficient (Wildman–Crippen LogP) is 0.817. The molecule has 1 unspecified atom stereocenters. The van der Waals surface area contributed by atoms with Crippen LogP contribution in [0.15, 0.2) is 18.3 Å². The van der Waals surface area contributed by atoms with Gasteiger partial charge in [0.05, 0.1) is 25.9 Å². The Kier molecular flexibility index (Phi) is 3.84. The monoisotopic (exact) mass is 239 g/mol. The van der Waals surface area contributed by atoms with Crippen LogP contribution >= 0.6 is 0 Å². The first-order valence-electron chi connectivity index (χ1n) is 5.30. The van der Waals surface area contributed by atoms with Gasteiger partial charge >= 0.3 is 5.82 Å². The summed E-state index contributed by atoms with van der Waals surface area (Å²) < 4.78 is 10.7. The molecule has 0 aromatic carbocycles. The summed E-state index contributed by atoms with van der Waals surface area (Å²) in [6.07, 6.45) is 1.31. The maximum atomic E-state index is 10.7. The minimum atomic E-state index is -0.513. The van der Waals surface area contributed by atoms with Crippen LogP contribution in [0.3, 0.4) is 0 Å². The topological polar surface area (TPSA) is 86.5 Å². The Bertz CT molecular complexity index is 393. The first kappa shape index (κ1) is 11.7. The van der Waals surface area contributed by atoms with Gasteiger partial charge in [-0.3, -0.25) is 0 Å². The molecule has 0 radical (unpaired) electrons. The van der Waals surface area contributed by atoms with Gasteiger partial charge in [0, 0.05) is 6.54 Å². The van der Waals surface area contributed by atoms with Crippen LogP contribution in [0.1, 0.15) is 0 Å². The Morgan fingerprint density at radius 2 is 2.47 bits per heavy atom. The summed E-state index contributed by atoms with van der Waals surface area (Å²) in [6.45, 7) is 2.12. The van der Waals surface area contributed by atoms with Crippen molar-refractivity contribution in [3.8, 4) is 0 Å². The van der Waals surface area contributed by atoms with Crippen LogP contribution < -0.4 is 5.32 Å². The van der Waals surface area contributed by atoms with Gasteiger partial charge in [-0.15, -0.1) is 0 Å². The van der Waals surface area contributed by atoms with Crippen molar-refractivity contribution in [1.29, 1.82) is 0 Å². The standard InChI is InChI=1S/C10H13N3O4/c14-13(15)10-9(2-1-3-11-10)12-6-8-7-16-4-5-17-8/h1-3,8,12H,4-7H2. The summed E-state index contributed by atoms with van der Waals surface area (Å²) in [5.74, 6) is -0.177. The van der Waals surface area contributed by atoms with Gasteiger partial charge < -0.3 is 24.9 Å². The smallest absolute Gasteiger partial charge is 0.376 e. The molecule has 2 rings (SSSR count). The number of ether oxygens (including phenoxy) is 2. The van der Waals surface area contributed by atoms with Crippen molar-refractivity contribution in [2.24, 2.45) is 0 Å². The highest BCUT2D eigenvalue weighted by molar-refractivity contribution is 5.56. The molecular formula is C10H13N3O4. The zero-order valence-corrected chi connectivity index (χ0v) is 9.17. The molecule has 1 atom stereocenters. The molecule has 1 fully saturated rings. The minimum Gasteiger partial charge on any atom is -0.376 e. The summed E-state index contributed by atoms with van der Waals surface area (Å²) >= 11 is 0. The van der Waals surface area contributed by atoms with Gasteiger partial charge in [0.2, 0.25) is 0 Å². The van der Waals surface area contributed by atoms with Gasteiger partial charge in [0.25, 0.3) is 0 Å². The van der Waals surface area contributed by atoms with Crippen LogP contribution in [0.4, 0.5) is 11.5 Å². The van der Waals surface area contributed by atoms with Gasteiger partial charge in [-0.1, -0.05) is 0 Å². The van der Waals surface area contributed by atoms with E-state index >= 15 is 0 Å². The first-order chi connectivity index (χ1) is 8.27. The maximum absolute atomic E-state index is 10.7. The van der Waals surface area contributed by atoms with E-state index in [4.69, 9.17) is 9.47 Å². The van der Waals surface area contributed by atoms with E-state index in [2.05, 4.69) is 10.3 Å². The third-order valence-corrected chi connectivity index (χ3v) is 2.36. The quantitative estimate of drug-likeness (QED) is 0.618. The number of nitrogens with one attached hydrogen (secondary N) is 1. The number of rotatable bonds is 4. The second-order valence-corrected chi connectivity index (χ2v) is 3.58. The highest BCUT2D eigenvalue weighted by Gasteiger charge is 2.17. The molecule has 0 amide bonds. The molecule has 7 nitrogen and oxygen atoms in total. The molecule has 1 aromatic heterocycles. The summed E-state index contributed by atoms with van der Waals surface area (Å²) in [7, 11) is 0. The second-order valence-electron chi connectivity index (χ2n) is 3.58. The molecule has 92 valence electrons. The average Bonchev–Trinajstić information content (AvgIpc) is 2.38. The fraction of sp³-hybridized carbons (Fsp3) is 0.500. The van der Waals surface area contributed by atoms with Crippen molar-refractivity contribution >= 4 is 11.5 Å². The van der Waals surface area contributed by atoms with E-state index in [1.807, 2.05) is 0 Å². The van der Waals surface area contributed by atoms with Crippen molar-refractivity contribution in [1.82, 2.24) is 4.98 Å². The summed E-state index contributed by atoms with van der Waals surface area (Å²) in [4.78, 5) is 13.9. The summed E-state index contributed by atoms with van der Waals surface area (Å²) in [5, 5.41) is 13.7. The lowest BCUT2D eigenvalue weighted by Gasteiger charge is -2.23. The molecule has 2 heterocycles. The first-order valence-corrected chi connectivity index (χ1v) is 5.30. The van der Waals surface area contributed by atoms with Crippen molar-refractivity contribution in [3.05, 3.63) is 28.4 Å². The lowest BCUT2D eigenvalue weighted by atomic mass is 10.3. The lowest BCUT2D eigenvalue weighted by Crippen LogP contribution is -2.34. The Balaban J connectivity index is 1.96. The third kappa shape index (κ3) is 3.11. The third-order valence-electron chi connectivity index (χ3n) is 2.36. The van der Waals surface area contributed by atoms with Gasteiger partial charge in [0.1, 0.15) is 11.9 Å². The van der Waals surface area contributed by atoms with Crippen molar-refractivity contribution < 1.29 is 14.4 Å². The minimum absolute atomic E-state index is 0.0800. The van der Waals surface area contributed by atoms with Crippen LogP contribution in [-0.4, -0.2) is 42.4 Å². The van der Waals surface area contributed by atoms with E-state index in [0.29, 0.717) is 32.1 Å². The number of anilines is 1. The zero-order chi connectivity index (χ0) is 12.1. The Morgan fingerprint density at radius 3 is 3.18 bits per heavy atom. The molecule has 1 saturated heterocycles. The molecule has 0 bridgehead atoms. The number of pyridine rings is 1. The van der Waals surface area contributed by atoms with Crippen LogP contribution in [-0.2, 0) is 9.47 Å². The second kappa shape index (κ2) is 5.55. The predicted molar refractivity (Wildman–Crippen MR) is 59.9 cm³/mol. The van der Waals surface area contributed by atoms with Crippen LogP contribution in [0.5, 0.6) is 0 Å². The highest BCUT2D eigenvalue weighted by Crippen LogP contribution is 2.20. The summed E-state index contributed by atoms with van der Waals surface area (Å²) in [6, 6.07) is 3.27. The fourth-order valence-electron chi connectivity index (χ4n) is 1.56. The molecule has 17 heavy (non-hydrogen) atoms. The SMILES string of the molecule is O=[N+]([O-])c1ncccc1NCC1COCCO1. The molecule has 0 saturated carbocycles. The molecular weight excluding hydrogens is 226 g/mol. The lowest BCUT2D eigenvalue weighted by molar-refractivity contribution is -0.388. The fourth-order valence-corrected chi connectivity index (χ4v) is 1.56. The van der Waals surface area contributed by atoms with Crippen molar-refractivity contribution in [2.45, 2.75) is 6.10 Å². The van der Waals surface area contributed by atoms with E-state index in [1.54, 1.807) is 12.1 Å². The molecule has 1 N–H and O–H groups in total. The number of aromatic nitrogens is 1. The van der Waals surface area contributed by atoms with Crippen molar-refractivity contribution in [2.75, 3.05) is 31.7 Å². The van der Waals surface area contributed by atoms with Gasteiger partial charge in [0.15, 0.2) is 0 Å². The Morgan fingerprint density at radius 1 is 1.59 bits per heavy atom. The number of nitro groups is 1. The highest BCUT2D eigenvalue weighted by atomic mass is 16.6. The van der Waals surface area contributed by atoms with Gasteiger partial charge in [-0.25, -0.2) is 0 Å². The summed E-state index contributed by atoms with van der Waals surface area (Å²) in [5.41, 5.74) is 0.395. The van der Waals surface area contributed by atoms with E-state index in [0.717, 1.165) is 0 Å². The van der Waals surface area contributed by atoms with E-state index in [1.165, 1.54) is 6.20 Å². The van der Waals surface area contributed by atoms with Crippen LogP contribution in [0, 0.1) is 10.1 Å². The number of hydrogen-bond acceptors (Lipinski definition) is 6. The van der Waals surface area contributed by atoms with E-state index in [-0.39, 0.29) is 11.9 Å². The van der Waals surface area contributed by atoms with E-state index < -0.39 is 4.92 Å². The van der Waals surface area contributed by atoms with Gasteiger partial charge in [-0.05, 0) is 22.0 Å². The normalized spacial score (nSPS) is 19.9. The number of hydrogen-bond donors (Lipinski definition) is 1. The van der Waals surface area contributed by atoms with Gasteiger partial charge in [-0.2, -0.15) is 0 Å². The molecule has 1 aliphatic heterocycles. The number of nitrogens with zero attached hydrogens (tertiary/aromatic N) is 2. The zero-order valence-electron chi connectivity index (χ0n) is 9.17. The average molecular weight is 239 g/mol. The van der Waals surface area contributed by atoms with E-state index in [9.17, 15) is 10.1 Å². The molecule has 0 aliphatic carbocycles. The van der Waals surface area contributed by atoms with Crippen LogP contribution in [0.25, 0.3) is 0 Å². The maximum Gasteiger partial charge on any atom is 0.386 e. The molecule has 7 heteroatoms. The Labute approximate surface area is 97.9 Å². The molecule has 1 aromatic rings. The molecule has 0 spiro atoms. The molecule has 1 aliphatic rings.